The fourth-order valence-corrected chi connectivity index (χ4v) is 3.79. The van der Waals surface area contributed by atoms with Crippen LogP contribution in [0, 0.1) is 17.7 Å². The lowest BCUT2D eigenvalue weighted by atomic mass is 9.76. The van der Waals surface area contributed by atoms with E-state index in [-0.39, 0.29) is 17.7 Å². The number of pyridine rings is 1. The van der Waals surface area contributed by atoms with Gasteiger partial charge in [0, 0.05) is 5.56 Å². The van der Waals surface area contributed by atoms with Crippen LogP contribution in [0.25, 0.3) is 0 Å². The van der Waals surface area contributed by atoms with Crippen LogP contribution in [0.5, 0.6) is 0 Å². The van der Waals surface area contributed by atoms with Gasteiger partial charge in [0.15, 0.2) is 0 Å². The normalized spacial score (nSPS) is 21.0. The first-order valence-electron chi connectivity index (χ1n) is 8.68. The number of hydrogen-bond acceptors (Lipinski definition) is 1. The maximum atomic E-state index is 14.4. The zero-order valence-electron chi connectivity index (χ0n) is 13.9. The van der Waals surface area contributed by atoms with Crippen molar-refractivity contribution in [2.75, 3.05) is 0 Å². The van der Waals surface area contributed by atoms with Gasteiger partial charge in [0.1, 0.15) is 5.82 Å². The van der Waals surface area contributed by atoms with Crippen molar-refractivity contribution < 1.29 is 13.2 Å². The highest BCUT2D eigenvalue weighted by Crippen LogP contribution is 2.41. The van der Waals surface area contributed by atoms with Crippen LogP contribution in [-0.2, 0) is 6.42 Å². The Morgan fingerprint density at radius 2 is 1.54 bits per heavy atom. The summed E-state index contributed by atoms with van der Waals surface area (Å²) in [6.45, 7) is 2.08. The zero-order chi connectivity index (χ0) is 17.1. The lowest BCUT2D eigenvalue weighted by Gasteiger charge is -2.29. The van der Waals surface area contributed by atoms with Gasteiger partial charge in [0.25, 0.3) is 0 Å². The monoisotopic (exact) mass is 333 g/mol. The molecule has 1 aliphatic carbocycles. The van der Waals surface area contributed by atoms with Gasteiger partial charge in [-0.05, 0) is 73.3 Å². The van der Waals surface area contributed by atoms with Crippen LogP contribution in [0.2, 0.25) is 0 Å². The fourth-order valence-electron chi connectivity index (χ4n) is 3.79. The molecule has 0 unspecified atom stereocenters. The average Bonchev–Trinajstić information content (AvgIpc) is 2.56. The third kappa shape index (κ3) is 3.63. The Balaban J connectivity index is 1.68. The van der Waals surface area contributed by atoms with E-state index in [0.717, 1.165) is 49.7 Å². The van der Waals surface area contributed by atoms with Gasteiger partial charge in [0.05, 0.1) is 0 Å². The summed E-state index contributed by atoms with van der Waals surface area (Å²) in [4.78, 5) is 3.27. The van der Waals surface area contributed by atoms with Gasteiger partial charge in [-0.2, -0.15) is 13.8 Å². The maximum Gasteiger partial charge on any atom is 0.218 e. The maximum absolute atomic E-state index is 14.4. The van der Waals surface area contributed by atoms with Crippen LogP contribution >= 0.6 is 0 Å². The highest BCUT2D eigenvalue weighted by molar-refractivity contribution is 5.28. The minimum atomic E-state index is -0.792. The quantitative estimate of drug-likeness (QED) is 0.635. The van der Waals surface area contributed by atoms with Crippen molar-refractivity contribution in [3.8, 4) is 0 Å². The van der Waals surface area contributed by atoms with Crippen molar-refractivity contribution in [3.63, 3.8) is 0 Å². The molecule has 0 radical (unpaired) electrons. The molecule has 1 saturated carbocycles. The lowest BCUT2D eigenvalue weighted by Crippen LogP contribution is -2.15. The van der Waals surface area contributed by atoms with E-state index in [1.807, 2.05) is 12.1 Å². The van der Waals surface area contributed by atoms with Crippen molar-refractivity contribution >= 4 is 0 Å². The molecule has 0 atom stereocenters. The summed E-state index contributed by atoms with van der Waals surface area (Å²) in [5.74, 6) is -1.42. The Kier molecular flexibility index (Phi) is 5.22. The second-order valence-electron chi connectivity index (χ2n) is 6.67. The van der Waals surface area contributed by atoms with Gasteiger partial charge < -0.3 is 0 Å². The van der Waals surface area contributed by atoms with Crippen molar-refractivity contribution in [1.29, 1.82) is 0 Å². The first kappa shape index (κ1) is 17.0. The summed E-state index contributed by atoms with van der Waals surface area (Å²) in [6, 6.07) is 8.26. The van der Waals surface area contributed by atoms with Crippen LogP contribution in [0.4, 0.5) is 13.2 Å². The molecule has 24 heavy (non-hydrogen) atoms. The molecule has 1 aromatic carbocycles. The lowest BCUT2D eigenvalue weighted by molar-refractivity contribution is 0.374. The molecule has 0 aliphatic heterocycles. The molecule has 1 fully saturated rings. The minimum absolute atomic E-state index is 0.0387. The predicted molar refractivity (Wildman–Crippen MR) is 88.5 cm³/mol. The number of benzene rings is 1. The standard InChI is InChI=1S/C20H22F3N/c1-2-3-13-4-9-16(18(21)12-13)14-5-7-15(8-6-14)17-10-11-19(22)24-20(17)23/h4,9-12,14-15H,2-3,5-8H2,1H3/t14-,15-. The van der Waals surface area contributed by atoms with Crippen molar-refractivity contribution in [2.24, 2.45) is 0 Å². The second kappa shape index (κ2) is 7.37. The zero-order valence-corrected chi connectivity index (χ0v) is 13.9. The first-order valence-corrected chi connectivity index (χ1v) is 8.68. The van der Waals surface area contributed by atoms with E-state index in [4.69, 9.17) is 0 Å². The van der Waals surface area contributed by atoms with E-state index < -0.39 is 11.9 Å². The fraction of sp³-hybridized carbons (Fsp3) is 0.450. The summed E-state index contributed by atoms with van der Waals surface area (Å²) < 4.78 is 41.1. The Bertz CT molecular complexity index is 706. The molecule has 1 aromatic heterocycles. The van der Waals surface area contributed by atoms with E-state index in [0.29, 0.717) is 5.56 Å². The molecule has 0 saturated heterocycles. The molecule has 0 spiro atoms. The van der Waals surface area contributed by atoms with Gasteiger partial charge in [-0.25, -0.2) is 4.39 Å². The predicted octanol–water partition coefficient (Wildman–Crippen LogP) is 5.89. The number of rotatable bonds is 4. The summed E-state index contributed by atoms with van der Waals surface area (Å²) in [7, 11) is 0. The Labute approximate surface area is 140 Å². The summed E-state index contributed by atoms with van der Waals surface area (Å²) in [6.07, 6.45) is 5.05. The molecule has 2 aromatic rings. The summed E-state index contributed by atoms with van der Waals surface area (Å²) in [5.41, 5.74) is 2.28. The third-order valence-electron chi connectivity index (χ3n) is 5.05. The number of nitrogens with zero attached hydrogens (tertiary/aromatic N) is 1. The van der Waals surface area contributed by atoms with Gasteiger partial charge >= 0.3 is 0 Å². The number of hydrogen-bond donors (Lipinski definition) is 0. The minimum Gasteiger partial charge on any atom is -0.207 e. The smallest absolute Gasteiger partial charge is 0.207 e. The molecule has 0 bridgehead atoms. The molecule has 3 rings (SSSR count). The average molecular weight is 333 g/mol. The van der Waals surface area contributed by atoms with Crippen LogP contribution in [-0.4, -0.2) is 4.98 Å². The van der Waals surface area contributed by atoms with E-state index in [2.05, 4.69) is 11.9 Å². The van der Waals surface area contributed by atoms with E-state index in [1.54, 1.807) is 6.07 Å². The van der Waals surface area contributed by atoms with E-state index >= 15 is 0 Å². The van der Waals surface area contributed by atoms with Gasteiger partial charge in [-0.15, -0.1) is 0 Å². The summed E-state index contributed by atoms with van der Waals surface area (Å²) >= 11 is 0. The Hall–Kier alpha value is -1.84. The van der Waals surface area contributed by atoms with Gasteiger partial charge in [-0.1, -0.05) is 25.5 Å². The molecule has 4 heteroatoms. The highest BCUT2D eigenvalue weighted by atomic mass is 19.1. The van der Waals surface area contributed by atoms with Crippen LogP contribution in [0.3, 0.4) is 0 Å². The molecule has 1 heterocycles. The molecule has 0 N–H and O–H groups in total. The largest absolute Gasteiger partial charge is 0.218 e. The molecule has 128 valence electrons. The topological polar surface area (TPSA) is 12.9 Å². The van der Waals surface area contributed by atoms with Crippen LogP contribution < -0.4 is 0 Å². The number of aromatic nitrogens is 1. The van der Waals surface area contributed by atoms with E-state index in [9.17, 15) is 13.2 Å². The van der Waals surface area contributed by atoms with Crippen molar-refractivity contribution in [1.82, 2.24) is 4.98 Å². The molecule has 1 aliphatic rings. The molecule has 1 nitrogen and oxygen atoms in total. The van der Waals surface area contributed by atoms with Gasteiger partial charge in [0.2, 0.25) is 11.9 Å². The second-order valence-corrected chi connectivity index (χ2v) is 6.67. The molecular formula is C20H22F3N. The molecular weight excluding hydrogens is 311 g/mol. The van der Waals surface area contributed by atoms with Crippen molar-refractivity contribution in [2.45, 2.75) is 57.3 Å². The van der Waals surface area contributed by atoms with Gasteiger partial charge in [-0.3, -0.25) is 0 Å². The number of halogens is 3. The highest BCUT2D eigenvalue weighted by Gasteiger charge is 2.27. The first-order chi connectivity index (χ1) is 11.6. The summed E-state index contributed by atoms with van der Waals surface area (Å²) in [5, 5.41) is 0. The third-order valence-corrected chi connectivity index (χ3v) is 5.05. The SMILES string of the molecule is CCCc1ccc([C@H]2CC[C@H](c3ccc(F)nc3F)CC2)c(F)c1. The molecule has 0 amide bonds. The van der Waals surface area contributed by atoms with Crippen LogP contribution in [0.15, 0.2) is 30.3 Å². The Morgan fingerprint density at radius 1 is 0.917 bits per heavy atom. The Morgan fingerprint density at radius 3 is 2.12 bits per heavy atom. The number of aryl methyl sites for hydroxylation is 1. The van der Waals surface area contributed by atoms with Crippen molar-refractivity contribution in [3.05, 3.63) is 64.7 Å². The van der Waals surface area contributed by atoms with Crippen LogP contribution in [0.1, 0.15) is 67.6 Å². The van der Waals surface area contributed by atoms with E-state index in [1.165, 1.54) is 12.1 Å².